The van der Waals surface area contributed by atoms with Crippen LogP contribution in [0.3, 0.4) is 0 Å². The number of aromatic nitrogens is 1. The molecule has 0 fully saturated rings. The molecule has 0 amide bonds. The van der Waals surface area contributed by atoms with Crippen molar-refractivity contribution in [2.45, 2.75) is 9.79 Å². The fourth-order valence-electron chi connectivity index (χ4n) is 1.24. The van der Waals surface area contributed by atoms with E-state index in [0.29, 0.717) is 10.0 Å². The minimum atomic E-state index is -0.992. The third-order valence-corrected chi connectivity index (χ3v) is 3.71. The molecule has 1 aromatic heterocycles. The predicted molar refractivity (Wildman–Crippen MR) is 68.3 cm³/mol. The van der Waals surface area contributed by atoms with E-state index in [-0.39, 0.29) is 5.69 Å². The van der Waals surface area contributed by atoms with Gasteiger partial charge >= 0.3 is 5.97 Å². The Morgan fingerprint density at radius 1 is 1.29 bits per heavy atom. The number of carbonyl (C=O) groups is 1. The number of halogens is 2. The molecule has 0 aliphatic heterocycles. The Morgan fingerprint density at radius 2 is 2.06 bits per heavy atom. The summed E-state index contributed by atoms with van der Waals surface area (Å²) in [5.74, 6) is -0.992. The first-order chi connectivity index (χ1) is 8.06. The van der Waals surface area contributed by atoms with Crippen molar-refractivity contribution in [2.75, 3.05) is 0 Å². The van der Waals surface area contributed by atoms with E-state index in [4.69, 9.17) is 28.3 Å². The lowest BCUT2D eigenvalue weighted by Crippen LogP contribution is -1.94. The van der Waals surface area contributed by atoms with Crippen LogP contribution in [0, 0.1) is 0 Å². The molecular formula is C11H7Cl2NO2S. The molecule has 0 radical (unpaired) electrons. The molecule has 0 aliphatic rings. The fraction of sp³-hybridized carbons (Fsp3) is 0. The average molecular weight is 288 g/mol. The summed E-state index contributed by atoms with van der Waals surface area (Å²) >= 11 is 13.2. The summed E-state index contributed by atoms with van der Waals surface area (Å²) in [5.41, 5.74) is 0.144. The first-order valence-corrected chi connectivity index (χ1v) is 6.18. The molecule has 17 heavy (non-hydrogen) atoms. The van der Waals surface area contributed by atoms with Crippen molar-refractivity contribution in [3.63, 3.8) is 0 Å². The molecule has 0 aliphatic carbocycles. The van der Waals surface area contributed by atoms with Crippen molar-refractivity contribution in [1.29, 1.82) is 0 Å². The summed E-state index contributed by atoms with van der Waals surface area (Å²) in [7, 11) is 0. The maximum Gasteiger partial charge on any atom is 0.352 e. The summed E-state index contributed by atoms with van der Waals surface area (Å²) in [5, 5.41) is 9.95. The Hall–Kier alpha value is -1.10. The Labute approximate surface area is 112 Å². The van der Waals surface area contributed by atoms with Crippen LogP contribution in [0.5, 0.6) is 0 Å². The van der Waals surface area contributed by atoms with Crippen LogP contribution in [0.1, 0.15) is 10.5 Å². The second-order valence-corrected chi connectivity index (χ2v) is 5.19. The van der Waals surface area contributed by atoms with E-state index in [2.05, 4.69) is 4.98 Å². The van der Waals surface area contributed by atoms with Gasteiger partial charge in [-0.25, -0.2) is 4.79 Å². The highest BCUT2D eigenvalue weighted by Gasteiger charge is 2.09. The molecule has 88 valence electrons. The topological polar surface area (TPSA) is 53.1 Å². The zero-order chi connectivity index (χ0) is 12.4. The van der Waals surface area contributed by atoms with Gasteiger partial charge in [0.15, 0.2) is 0 Å². The van der Waals surface area contributed by atoms with E-state index in [1.54, 1.807) is 30.5 Å². The summed E-state index contributed by atoms with van der Waals surface area (Å²) in [6.45, 7) is 0. The van der Waals surface area contributed by atoms with Gasteiger partial charge in [0.1, 0.15) is 5.69 Å². The second kappa shape index (κ2) is 5.04. The molecule has 0 atom stereocenters. The molecule has 0 spiro atoms. The van der Waals surface area contributed by atoms with Crippen molar-refractivity contribution in [1.82, 2.24) is 4.98 Å². The smallest absolute Gasteiger partial charge is 0.352 e. The number of hydrogen-bond acceptors (Lipinski definition) is 2. The van der Waals surface area contributed by atoms with Gasteiger partial charge in [0, 0.05) is 21.0 Å². The first-order valence-electron chi connectivity index (χ1n) is 4.61. The normalized spacial score (nSPS) is 10.5. The van der Waals surface area contributed by atoms with Crippen LogP contribution < -0.4 is 0 Å². The average Bonchev–Trinajstić information content (AvgIpc) is 2.72. The van der Waals surface area contributed by atoms with E-state index < -0.39 is 5.97 Å². The number of benzene rings is 1. The number of H-pyrrole nitrogens is 1. The van der Waals surface area contributed by atoms with E-state index in [1.165, 1.54) is 11.8 Å². The van der Waals surface area contributed by atoms with E-state index in [0.717, 1.165) is 9.79 Å². The monoisotopic (exact) mass is 287 g/mol. The summed E-state index contributed by atoms with van der Waals surface area (Å²) < 4.78 is 0. The maximum absolute atomic E-state index is 10.7. The number of carboxylic acid groups (broad SMARTS) is 1. The predicted octanol–water partition coefficient (Wildman–Crippen LogP) is 4.17. The van der Waals surface area contributed by atoms with Crippen molar-refractivity contribution < 1.29 is 9.90 Å². The number of hydrogen-bond donors (Lipinski definition) is 2. The number of nitrogens with one attached hydrogen (secondary N) is 1. The second-order valence-electron chi connectivity index (χ2n) is 3.23. The molecule has 2 N–H and O–H groups in total. The highest BCUT2D eigenvalue weighted by atomic mass is 35.5. The van der Waals surface area contributed by atoms with Gasteiger partial charge in [0.2, 0.25) is 0 Å². The highest BCUT2D eigenvalue weighted by Crippen LogP contribution is 2.35. The van der Waals surface area contributed by atoms with E-state index in [1.807, 2.05) is 0 Å². The number of rotatable bonds is 3. The highest BCUT2D eigenvalue weighted by molar-refractivity contribution is 7.99. The van der Waals surface area contributed by atoms with Gasteiger partial charge in [0.05, 0.1) is 5.02 Å². The minimum Gasteiger partial charge on any atom is -0.477 e. The molecule has 0 saturated heterocycles. The van der Waals surface area contributed by atoms with Crippen LogP contribution in [0.15, 0.2) is 40.3 Å². The van der Waals surface area contributed by atoms with Crippen molar-refractivity contribution in [3.05, 3.63) is 46.2 Å². The van der Waals surface area contributed by atoms with Gasteiger partial charge in [-0.1, -0.05) is 35.0 Å². The molecule has 2 aromatic rings. The first kappa shape index (κ1) is 12.4. The third kappa shape index (κ3) is 2.97. The third-order valence-electron chi connectivity index (χ3n) is 2.01. The van der Waals surface area contributed by atoms with Gasteiger partial charge in [-0.15, -0.1) is 0 Å². The number of aromatic carboxylic acids is 1. The molecule has 1 heterocycles. The van der Waals surface area contributed by atoms with Crippen LogP contribution in [-0.4, -0.2) is 16.1 Å². The Morgan fingerprint density at radius 3 is 2.71 bits per heavy atom. The fourth-order valence-corrected chi connectivity index (χ4v) is 2.61. The van der Waals surface area contributed by atoms with E-state index in [9.17, 15) is 4.79 Å². The Bertz CT molecular complexity index is 568. The quantitative estimate of drug-likeness (QED) is 0.891. The molecule has 1 aromatic carbocycles. The molecule has 6 heteroatoms. The molecule has 3 nitrogen and oxygen atoms in total. The zero-order valence-corrected chi connectivity index (χ0v) is 10.7. The number of carboxylic acids is 1. The number of aromatic amines is 1. The Kier molecular flexibility index (Phi) is 3.66. The summed E-state index contributed by atoms with van der Waals surface area (Å²) in [4.78, 5) is 14.9. The van der Waals surface area contributed by atoms with Crippen LogP contribution in [-0.2, 0) is 0 Å². The maximum atomic E-state index is 10.7. The van der Waals surface area contributed by atoms with Crippen molar-refractivity contribution in [3.8, 4) is 0 Å². The van der Waals surface area contributed by atoms with E-state index >= 15 is 0 Å². The minimum absolute atomic E-state index is 0.144. The van der Waals surface area contributed by atoms with Gasteiger partial charge < -0.3 is 10.1 Å². The van der Waals surface area contributed by atoms with Gasteiger partial charge in [-0.3, -0.25) is 0 Å². The molecule has 0 bridgehead atoms. The molecular weight excluding hydrogens is 281 g/mol. The SMILES string of the molecule is O=C(O)c1cc(Sc2cc(Cl)ccc2Cl)c[nH]1. The summed E-state index contributed by atoms with van der Waals surface area (Å²) in [6.07, 6.45) is 1.62. The van der Waals surface area contributed by atoms with Crippen LogP contribution >= 0.6 is 35.0 Å². The largest absolute Gasteiger partial charge is 0.477 e. The lowest BCUT2D eigenvalue weighted by molar-refractivity contribution is 0.0691. The molecule has 0 unspecified atom stereocenters. The van der Waals surface area contributed by atoms with Crippen LogP contribution in [0.25, 0.3) is 0 Å². The lowest BCUT2D eigenvalue weighted by atomic mass is 10.4. The summed E-state index contributed by atoms with van der Waals surface area (Å²) in [6, 6.07) is 6.69. The van der Waals surface area contributed by atoms with Crippen molar-refractivity contribution in [2.24, 2.45) is 0 Å². The molecule has 2 rings (SSSR count). The van der Waals surface area contributed by atoms with Gasteiger partial charge in [-0.05, 0) is 24.3 Å². The Balaban J connectivity index is 2.25. The lowest BCUT2D eigenvalue weighted by Gasteiger charge is -2.02. The molecule has 0 saturated carbocycles. The zero-order valence-electron chi connectivity index (χ0n) is 8.41. The van der Waals surface area contributed by atoms with Crippen LogP contribution in [0.4, 0.5) is 0 Å². The standard InChI is InChI=1S/C11H7Cl2NO2S/c12-6-1-2-8(13)10(3-6)17-7-4-9(11(15)16)14-5-7/h1-5,14H,(H,15,16). The van der Waals surface area contributed by atoms with Crippen molar-refractivity contribution >= 4 is 40.9 Å². The van der Waals surface area contributed by atoms with Gasteiger partial charge in [0.25, 0.3) is 0 Å². The van der Waals surface area contributed by atoms with Crippen LogP contribution in [0.2, 0.25) is 10.0 Å². The van der Waals surface area contributed by atoms with Gasteiger partial charge in [-0.2, -0.15) is 0 Å².